The van der Waals surface area contributed by atoms with Gasteiger partial charge in [-0.25, -0.2) is 13.1 Å². The maximum atomic E-state index is 12.5. The summed E-state index contributed by atoms with van der Waals surface area (Å²) >= 11 is 0. The Bertz CT molecular complexity index is 799. The second-order valence-corrected chi connectivity index (χ2v) is 10.0. The van der Waals surface area contributed by atoms with Crippen LogP contribution in [-0.2, 0) is 14.8 Å². The summed E-state index contributed by atoms with van der Waals surface area (Å²) in [4.78, 5) is 12.6. The molecule has 0 radical (unpaired) electrons. The van der Waals surface area contributed by atoms with Crippen molar-refractivity contribution in [2.45, 2.75) is 56.6 Å². The Labute approximate surface area is 166 Å². The first kappa shape index (κ1) is 21.2. The number of carbonyl (C=O) groups excluding carboxylic acids is 1. The fraction of sp³-hybridized carbons (Fsp3) is 0.650. The molecule has 1 saturated carbocycles. The van der Waals surface area contributed by atoms with Crippen molar-refractivity contribution in [1.82, 2.24) is 10.0 Å². The molecule has 2 atom stereocenters. The van der Waals surface area contributed by atoms with Gasteiger partial charge in [-0.05, 0) is 49.8 Å². The topological polar surface area (TPSA) is 105 Å². The molecule has 0 bridgehead atoms. The largest absolute Gasteiger partial charge is 0.392 e. The van der Waals surface area contributed by atoms with Crippen LogP contribution in [0, 0.1) is 11.3 Å². The van der Waals surface area contributed by atoms with Gasteiger partial charge in [0.2, 0.25) is 10.0 Å². The van der Waals surface area contributed by atoms with Crippen molar-refractivity contribution in [1.29, 1.82) is 0 Å². The second-order valence-electron chi connectivity index (χ2n) is 8.25. The minimum Gasteiger partial charge on any atom is -0.392 e. The maximum absolute atomic E-state index is 12.5. The zero-order valence-electron chi connectivity index (χ0n) is 16.5. The molecule has 3 rings (SSSR count). The van der Waals surface area contributed by atoms with E-state index in [9.17, 15) is 18.3 Å². The van der Waals surface area contributed by atoms with Crippen LogP contribution in [0.1, 0.15) is 49.9 Å². The van der Waals surface area contributed by atoms with Crippen molar-refractivity contribution >= 4 is 15.9 Å². The first-order valence-electron chi connectivity index (χ1n) is 9.91. The molecule has 0 aromatic heterocycles. The zero-order valence-corrected chi connectivity index (χ0v) is 17.3. The number of aliphatic hydroxyl groups is 1. The highest BCUT2D eigenvalue weighted by atomic mass is 32.2. The summed E-state index contributed by atoms with van der Waals surface area (Å²) in [5, 5.41) is 13.2. The van der Waals surface area contributed by atoms with Crippen molar-refractivity contribution < 1.29 is 23.1 Å². The van der Waals surface area contributed by atoms with Crippen LogP contribution < -0.4 is 10.0 Å². The summed E-state index contributed by atoms with van der Waals surface area (Å²) in [6, 6.07) is 6.00. The summed E-state index contributed by atoms with van der Waals surface area (Å²) in [6.07, 6.45) is 3.00. The van der Waals surface area contributed by atoms with Gasteiger partial charge in [0.05, 0.1) is 17.1 Å². The molecule has 28 heavy (non-hydrogen) atoms. The number of aliphatic hydroxyl groups excluding tert-OH is 1. The van der Waals surface area contributed by atoms with E-state index in [4.69, 9.17) is 4.74 Å². The van der Waals surface area contributed by atoms with Crippen LogP contribution in [0.3, 0.4) is 0 Å². The molecule has 3 N–H and O–H groups in total. The van der Waals surface area contributed by atoms with E-state index in [1.807, 2.05) is 13.8 Å². The fourth-order valence-electron chi connectivity index (χ4n) is 3.70. The third-order valence-electron chi connectivity index (χ3n) is 5.68. The SMILES string of the molecule is CC(C)[C@@H](O)C1(CNC(=O)c2cccc(S(=O)(=O)NC[C@H]3CCCO3)c2)CC1. The molecule has 8 heteroatoms. The number of hydrogen-bond donors (Lipinski definition) is 3. The number of carbonyl (C=O) groups is 1. The number of sulfonamides is 1. The van der Waals surface area contributed by atoms with Crippen LogP contribution >= 0.6 is 0 Å². The quantitative estimate of drug-likeness (QED) is 0.574. The third-order valence-corrected chi connectivity index (χ3v) is 7.10. The summed E-state index contributed by atoms with van der Waals surface area (Å²) in [5.74, 6) is -0.207. The van der Waals surface area contributed by atoms with E-state index in [1.54, 1.807) is 12.1 Å². The normalized spacial score (nSPS) is 22.2. The lowest BCUT2D eigenvalue weighted by Crippen LogP contribution is -2.38. The molecule has 156 valence electrons. The minimum atomic E-state index is -3.71. The number of benzene rings is 1. The lowest BCUT2D eigenvalue weighted by molar-refractivity contribution is 0.0490. The molecule has 0 spiro atoms. The maximum Gasteiger partial charge on any atom is 0.251 e. The van der Waals surface area contributed by atoms with Crippen molar-refractivity contribution in [3.05, 3.63) is 29.8 Å². The molecule has 1 amide bonds. The average molecular weight is 411 g/mol. The van der Waals surface area contributed by atoms with Gasteiger partial charge < -0.3 is 15.2 Å². The summed E-state index contributed by atoms with van der Waals surface area (Å²) < 4.78 is 33.0. The van der Waals surface area contributed by atoms with E-state index in [1.165, 1.54) is 12.1 Å². The summed E-state index contributed by atoms with van der Waals surface area (Å²) in [6.45, 7) is 5.21. The van der Waals surface area contributed by atoms with Crippen LogP contribution in [0.15, 0.2) is 29.2 Å². The minimum absolute atomic E-state index is 0.0569. The van der Waals surface area contributed by atoms with Gasteiger partial charge in [0.1, 0.15) is 0 Å². The lowest BCUT2D eigenvalue weighted by Gasteiger charge is -2.25. The van der Waals surface area contributed by atoms with Gasteiger partial charge in [-0.2, -0.15) is 0 Å². The highest BCUT2D eigenvalue weighted by Gasteiger charge is 2.49. The molecule has 1 aliphatic heterocycles. The van der Waals surface area contributed by atoms with E-state index in [0.717, 1.165) is 25.7 Å². The van der Waals surface area contributed by atoms with Crippen molar-refractivity contribution in [2.24, 2.45) is 11.3 Å². The van der Waals surface area contributed by atoms with Crippen LogP contribution in [0.5, 0.6) is 0 Å². The highest BCUT2D eigenvalue weighted by molar-refractivity contribution is 7.89. The molecular formula is C20H30N2O5S. The van der Waals surface area contributed by atoms with Crippen molar-refractivity contribution in [2.75, 3.05) is 19.7 Å². The van der Waals surface area contributed by atoms with Gasteiger partial charge in [-0.1, -0.05) is 19.9 Å². The Morgan fingerprint density at radius 1 is 1.36 bits per heavy atom. The van der Waals surface area contributed by atoms with Gasteiger partial charge in [0.25, 0.3) is 5.91 Å². The molecule has 0 unspecified atom stereocenters. The van der Waals surface area contributed by atoms with E-state index >= 15 is 0 Å². The standard InChI is InChI=1S/C20H30N2O5S/c1-14(2)18(23)20(8-9-20)13-21-19(24)15-5-3-7-17(11-15)28(25,26)22-12-16-6-4-10-27-16/h3,5,7,11,14,16,18,22-23H,4,6,8-10,12-13H2,1-2H3,(H,21,24)/t16-,18-/m1/s1. The van der Waals surface area contributed by atoms with Crippen molar-refractivity contribution in [3.63, 3.8) is 0 Å². The number of nitrogens with one attached hydrogen (secondary N) is 2. The molecule has 1 heterocycles. The first-order valence-corrected chi connectivity index (χ1v) is 11.4. The molecule has 2 fully saturated rings. The number of amides is 1. The summed E-state index contributed by atoms with van der Waals surface area (Å²) in [5.41, 5.74) is 0.0333. The molecule has 7 nitrogen and oxygen atoms in total. The number of ether oxygens (including phenoxy) is 1. The first-order chi connectivity index (χ1) is 13.2. The highest BCUT2D eigenvalue weighted by Crippen LogP contribution is 2.50. The van der Waals surface area contributed by atoms with Gasteiger partial charge in [0, 0.05) is 30.7 Å². The van der Waals surface area contributed by atoms with Crippen LogP contribution in [0.4, 0.5) is 0 Å². The molecule has 1 aromatic carbocycles. The van der Waals surface area contributed by atoms with Gasteiger partial charge in [-0.15, -0.1) is 0 Å². The number of hydrogen-bond acceptors (Lipinski definition) is 5. The van der Waals surface area contributed by atoms with E-state index in [2.05, 4.69) is 10.0 Å². The van der Waals surface area contributed by atoms with Crippen molar-refractivity contribution in [3.8, 4) is 0 Å². The fourth-order valence-corrected chi connectivity index (χ4v) is 4.81. The average Bonchev–Trinajstić information content (AvgIpc) is 3.28. The van der Waals surface area contributed by atoms with Crippen LogP contribution in [-0.4, -0.2) is 51.3 Å². The van der Waals surface area contributed by atoms with Gasteiger partial charge in [-0.3, -0.25) is 4.79 Å². The van der Waals surface area contributed by atoms with E-state index in [-0.39, 0.29) is 40.3 Å². The Morgan fingerprint density at radius 3 is 2.71 bits per heavy atom. The Hall–Kier alpha value is -1.48. The Morgan fingerprint density at radius 2 is 2.11 bits per heavy atom. The lowest BCUT2D eigenvalue weighted by atomic mass is 9.90. The summed E-state index contributed by atoms with van der Waals surface area (Å²) in [7, 11) is -3.71. The van der Waals surface area contributed by atoms with Crippen LogP contribution in [0.2, 0.25) is 0 Å². The molecule has 1 aromatic rings. The third kappa shape index (κ3) is 4.92. The van der Waals surface area contributed by atoms with E-state index < -0.39 is 16.1 Å². The predicted molar refractivity (Wildman–Crippen MR) is 105 cm³/mol. The molecular weight excluding hydrogens is 380 g/mol. The van der Waals surface area contributed by atoms with E-state index in [0.29, 0.717) is 13.2 Å². The Balaban J connectivity index is 1.61. The predicted octanol–water partition coefficient (Wildman–Crippen LogP) is 1.67. The second kappa shape index (κ2) is 8.49. The van der Waals surface area contributed by atoms with Gasteiger partial charge >= 0.3 is 0 Å². The molecule has 1 saturated heterocycles. The van der Waals surface area contributed by atoms with Crippen LogP contribution in [0.25, 0.3) is 0 Å². The number of rotatable bonds is 9. The zero-order chi connectivity index (χ0) is 20.4. The monoisotopic (exact) mass is 410 g/mol. The van der Waals surface area contributed by atoms with Gasteiger partial charge in [0.15, 0.2) is 0 Å². The molecule has 2 aliphatic rings. The Kier molecular flexibility index (Phi) is 6.44. The smallest absolute Gasteiger partial charge is 0.251 e. The molecule has 1 aliphatic carbocycles.